The molecule has 0 amide bonds. The van der Waals surface area contributed by atoms with E-state index in [0.29, 0.717) is 6.54 Å². The minimum atomic E-state index is 0.244. The predicted octanol–water partition coefficient (Wildman–Crippen LogP) is 2.29. The fourth-order valence-corrected chi connectivity index (χ4v) is 2.04. The molecular weight excluding hydrogens is 210 g/mol. The SMILES string of the molecule is Cc1cnc(C(C)NCc2cnco2)s1. The van der Waals surface area contributed by atoms with Gasteiger partial charge in [-0.05, 0) is 13.8 Å². The summed E-state index contributed by atoms with van der Waals surface area (Å²) in [4.78, 5) is 9.42. The van der Waals surface area contributed by atoms with Crippen LogP contribution in [0.25, 0.3) is 0 Å². The van der Waals surface area contributed by atoms with E-state index in [9.17, 15) is 0 Å². The number of hydrogen-bond acceptors (Lipinski definition) is 5. The minimum Gasteiger partial charge on any atom is -0.447 e. The van der Waals surface area contributed by atoms with Crippen LogP contribution in [0.1, 0.15) is 28.6 Å². The van der Waals surface area contributed by atoms with Crippen LogP contribution in [0.15, 0.2) is 23.2 Å². The molecule has 0 aliphatic heterocycles. The van der Waals surface area contributed by atoms with E-state index in [1.807, 2.05) is 6.20 Å². The molecular formula is C10H13N3OS. The van der Waals surface area contributed by atoms with Crippen LogP contribution in [-0.2, 0) is 6.54 Å². The molecule has 1 atom stereocenters. The monoisotopic (exact) mass is 223 g/mol. The first-order chi connectivity index (χ1) is 7.25. The molecule has 2 heterocycles. The number of aryl methyl sites for hydroxylation is 1. The van der Waals surface area contributed by atoms with Gasteiger partial charge in [-0.3, -0.25) is 0 Å². The van der Waals surface area contributed by atoms with Gasteiger partial charge in [-0.15, -0.1) is 11.3 Å². The van der Waals surface area contributed by atoms with E-state index in [0.717, 1.165) is 10.8 Å². The van der Waals surface area contributed by atoms with Crippen molar-refractivity contribution in [3.63, 3.8) is 0 Å². The van der Waals surface area contributed by atoms with E-state index >= 15 is 0 Å². The van der Waals surface area contributed by atoms with Crippen LogP contribution in [0.2, 0.25) is 0 Å². The van der Waals surface area contributed by atoms with Crippen molar-refractivity contribution in [2.75, 3.05) is 0 Å². The molecule has 0 radical (unpaired) electrons. The Hall–Kier alpha value is -1.20. The Balaban J connectivity index is 1.90. The highest BCUT2D eigenvalue weighted by Gasteiger charge is 2.09. The number of thiazole rings is 1. The third kappa shape index (κ3) is 2.64. The fraction of sp³-hybridized carbons (Fsp3) is 0.400. The summed E-state index contributed by atoms with van der Waals surface area (Å²) in [6.07, 6.45) is 5.05. The molecule has 4 nitrogen and oxygen atoms in total. The van der Waals surface area contributed by atoms with Gasteiger partial charge >= 0.3 is 0 Å². The maximum atomic E-state index is 5.13. The third-order valence-electron chi connectivity index (χ3n) is 2.08. The lowest BCUT2D eigenvalue weighted by Crippen LogP contribution is -2.17. The first kappa shape index (κ1) is 10.3. The zero-order valence-corrected chi connectivity index (χ0v) is 9.54. The molecule has 2 aromatic rings. The molecule has 80 valence electrons. The summed E-state index contributed by atoms with van der Waals surface area (Å²) in [5, 5.41) is 4.43. The number of nitrogens with zero attached hydrogens (tertiary/aromatic N) is 2. The lowest BCUT2D eigenvalue weighted by atomic mass is 10.3. The van der Waals surface area contributed by atoms with E-state index in [4.69, 9.17) is 4.42 Å². The third-order valence-corrected chi connectivity index (χ3v) is 3.17. The second-order valence-electron chi connectivity index (χ2n) is 3.38. The highest BCUT2D eigenvalue weighted by molar-refractivity contribution is 7.11. The van der Waals surface area contributed by atoms with Gasteiger partial charge in [0.2, 0.25) is 0 Å². The largest absolute Gasteiger partial charge is 0.447 e. The second-order valence-corrected chi connectivity index (χ2v) is 4.65. The molecule has 5 heteroatoms. The van der Waals surface area contributed by atoms with Gasteiger partial charge in [-0.25, -0.2) is 9.97 Å². The maximum absolute atomic E-state index is 5.13. The number of hydrogen-bond donors (Lipinski definition) is 1. The molecule has 0 saturated carbocycles. The van der Waals surface area contributed by atoms with Crippen LogP contribution >= 0.6 is 11.3 Å². The Morgan fingerprint density at radius 2 is 2.40 bits per heavy atom. The number of aromatic nitrogens is 2. The zero-order valence-electron chi connectivity index (χ0n) is 8.73. The van der Waals surface area contributed by atoms with Crippen LogP contribution in [0.4, 0.5) is 0 Å². The standard InChI is InChI=1S/C10H13N3OS/c1-7-3-13-10(15-7)8(2)12-5-9-4-11-6-14-9/h3-4,6,8,12H,5H2,1-2H3. The van der Waals surface area contributed by atoms with E-state index in [1.54, 1.807) is 17.5 Å². The van der Waals surface area contributed by atoms with Crippen LogP contribution in [0.5, 0.6) is 0 Å². The van der Waals surface area contributed by atoms with Gasteiger partial charge in [-0.2, -0.15) is 0 Å². The van der Waals surface area contributed by atoms with Crippen molar-refractivity contribution < 1.29 is 4.42 Å². The molecule has 0 aliphatic rings. The van der Waals surface area contributed by atoms with Gasteiger partial charge in [0.15, 0.2) is 6.39 Å². The summed E-state index contributed by atoms with van der Waals surface area (Å²) < 4.78 is 5.13. The van der Waals surface area contributed by atoms with Crippen LogP contribution in [0, 0.1) is 6.92 Å². The van der Waals surface area contributed by atoms with Crippen molar-refractivity contribution in [2.45, 2.75) is 26.4 Å². The van der Waals surface area contributed by atoms with Crippen LogP contribution < -0.4 is 5.32 Å². The second kappa shape index (κ2) is 4.55. The smallest absolute Gasteiger partial charge is 0.180 e. The molecule has 2 aromatic heterocycles. The van der Waals surface area contributed by atoms with E-state index in [2.05, 4.69) is 29.1 Å². The van der Waals surface area contributed by atoms with Crippen molar-refractivity contribution >= 4 is 11.3 Å². The Bertz CT molecular complexity index is 410. The van der Waals surface area contributed by atoms with Gasteiger partial charge in [0, 0.05) is 11.1 Å². The normalized spacial score (nSPS) is 12.9. The molecule has 0 aliphatic carbocycles. The molecule has 0 fully saturated rings. The molecule has 0 aromatic carbocycles. The summed E-state index contributed by atoms with van der Waals surface area (Å²) in [6, 6.07) is 0.244. The highest BCUT2D eigenvalue weighted by atomic mass is 32.1. The summed E-state index contributed by atoms with van der Waals surface area (Å²) in [5.41, 5.74) is 0. The zero-order chi connectivity index (χ0) is 10.7. The number of oxazole rings is 1. The van der Waals surface area contributed by atoms with Crippen molar-refractivity contribution in [3.8, 4) is 0 Å². The van der Waals surface area contributed by atoms with Gasteiger partial charge in [0.1, 0.15) is 10.8 Å². The molecule has 2 rings (SSSR count). The van der Waals surface area contributed by atoms with E-state index < -0.39 is 0 Å². The molecule has 1 unspecified atom stereocenters. The lowest BCUT2D eigenvalue weighted by Gasteiger charge is -2.08. The Labute approximate surface area is 92.4 Å². The Kier molecular flexibility index (Phi) is 3.13. The molecule has 0 saturated heterocycles. The molecule has 0 bridgehead atoms. The van der Waals surface area contributed by atoms with Crippen molar-refractivity contribution in [3.05, 3.63) is 34.4 Å². The maximum Gasteiger partial charge on any atom is 0.180 e. The van der Waals surface area contributed by atoms with Crippen molar-refractivity contribution in [1.82, 2.24) is 15.3 Å². The predicted molar refractivity (Wildman–Crippen MR) is 58.6 cm³/mol. The van der Waals surface area contributed by atoms with Crippen molar-refractivity contribution in [1.29, 1.82) is 0 Å². The Morgan fingerprint density at radius 3 is 3.00 bits per heavy atom. The molecule has 15 heavy (non-hydrogen) atoms. The van der Waals surface area contributed by atoms with Gasteiger partial charge in [0.05, 0.1) is 18.8 Å². The summed E-state index contributed by atoms with van der Waals surface area (Å²) in [5.74, 6) is 0.843. The minimum absolute atomic E-state index is 0.244. The van der Waals surface area contributed by atoms with Gasteiger partial charge in [0.25, 0.3) is 0 Å². The van der Waals surface area contributed by atoms with Crippen molar-refractivity contribution in [2.24, 2.45) is 0 Å². The van der Waals surface area contributed by atoms with Crippen LogP contribution in [-0.4, -0.2) is 9.97 Å². The summed E-state index contributed by atoms with van der Waals surface area (Å²) in [7, 11) is 0. The van der Waals surface area contributed by atoms with E-state index in [1.165, 1.54) is 11.3 Å². The quantitative estimate of drug-likeness (QED) is 0.864. The first-order valence-corrected chi connectivity index (χ1v) is 5.60. The van der Waals surface area contributed by atoms with E-state index in [-0.39, 0.29) is 6.04 Å². The lowest BCUT2D eigenvalue weighted by molar-refractivity contribution is 0.457. The van der Waals surface area contributed by atoms with Gasteiger partial charge < -0.3 is 9.73 Å². The summed E-state index contributed by atoms with van der Waals surface area (Å²) >= 11 is 1.71. The fourth-order valence-electron chi connectivity index (χ4n) is 1.24. The summed E-state index contributed by atoms with van der Waals surface area (Å²) in [6.45, 7) is 4.83. The molecule has 1 N–H and O–H groups in total. The first-order valence-electron chi connectivity index (χ1n) is 4.79. The number of nitrogens with one attached hydrogen (secondary N) is 1. The number of rotatable bonds is 4. The Morgan fingerprint density at radius 1 is 1.53 bits per heavy atom. The topological polar surface area (TPSA) is 51.0 Å². The average Bonchev–Trinajstić information content (AvgIpc) is 2.84. The average molecular weight is 223 g/mol. The molecule has 0 spiro atoms. The van der Waals surface area contributed by atoms with Crippen LogP contribution in [0.3, 0.4) is 0 Å². The highest BCUT2D eigenvalue weighted by Crippen LogP contribution is 2.19. The van der Waals surface area contributed by atoms with Gasteiger partial charge in [-0.1, -0.05) is 0 Å².